The van der Waals surface area contributed by atoms with E-state index < -0.39 is 10.1 Å². The summed E-state index contributed by atoms with van der Waals surface area (Å²) in [6.07, 6.45) is 15.1. The molecule has 0 aliphatic heterocycles. The van der Waals surface area contributed by atoms with Crippen LogP contribution in [-0.4, -0.2) is 18.1 Å². The van der Waals surface area contributed by atoms with Crippen LogP contribution in [0.15, 0.2) is 47.4 Å². The van der Waals surface area contributed by atoms with E-state index in [9.17, 15) is 13.5 Å². The summed E-state index contributed by atoms with van der Waals surface area (Å²) in [6.45, 7) is 2.25. The van der Waals surface area contributed by atoms with Crippen molar-refractivity contribution in [2.75, 3.05) is 0 Å². The van der Waals surface area contributed by atoms with E-state index in [1.165, 1.54) is 76.3 Å². The van der Waals surface area contributed by atoms with Gasteiger partial charge in [0.1, 0.15) is 5.75 Å². The normalized spacial score (nSPS) is 11.5. The number of hydrogen-bond donors (Lipinski definition) is 2. The molecule has 2 rings (SSSR count). The molecule has 0 aliphatic rings. The van der Waals surface area contributed by atoms with Gasteiger partial charge in [-0.15, -0.1) is 0 Å². The number of aromatic hydroxyl groups is 1. The molecule has 0 spiro atoms. The Kier molecular flexibility index (Phi) is 10.9. The summed E-state index contributed by atoms with van der Waals surface area (Å²) in [5.41, 5.74) is 1.05. The zero-order valence-corrected chi connectivity index (χ0v) is 19.4. The molecule has 0 unspecified atom stereocenters. The zero-order valence-electron chi connectivity index (χ0n) is 18.6. The lowest BCUT2D eigenvalue weighted by atomic mass is 10.0. The second kappa shape index (κ2) is 13.4. The molecule has 0 fully saturated rings. The molecule has 6 heteroatoms. The van der Waals surface area contributed by atoms with Crippen molar-refractivity contribution >= 4 is 10.1 Å². The summed E-state index contributed by atoms with van der Waals surface area (Å²) in [6, 6.07) is 11.2. The van der Waals surface area contributed by atoms with Crippen LogP contribution in [0.2, 0.25) is 0 Å². The Morgan fingerprint density at radius 3 is 1.94 bits per heavy atom. The molecule has 2 aromatic rings. The molecule has 0 amide bonds. The smallest absolute Gasteiger partial charge is 0.294 e. The van der Waals surface area contributed by atoms with E-state index in [2.05, 4.69) is 6.92 Å². The SMILES string of the molecule is CCCCCCCCCCCCCc1ccccc1Oc1ccc(S(=O)(=O)O)cc1O. The number of hydrogen-bond acceptors (Lipinski definition) is 4. The topological polar surface area (TPSA) is 83.8 Å². The monoisotopic (exact) mass is 448 g/mol. The zero-order chi connectivity index (χ0) is 22.5. The van der Waals surface area contributed by atoms with E-state index in [4.69, 9.17) is 9.29 Å². The van der Waals surface area contributed by atoms with Gasteiger partial charge in [-0.05, 0) is 36.6 Å². The van der Waals surface area contributed by atoms with Crippen molar-refractivity contribution in [1.82, 2.24) is 0 Å². The predicted octanol–water partition coefficient (Wildman–Crippen LogP) is 7.28. The molecule has 0 atom stereocenters. The van der Waals surface area contributed by atoms with Crippen LogP contribution in [0.3, 0.4) is 0 Å². The van der Waals surface area contributed by atoms with Crippen LogP contribution < -0.4 is 4.74 Å². The number of ether oxygens (including phenoxy) is 1. The van der Waals surface area contributed by atoms with Crippen LogP contribution in [0.1, 0.15) is 83.1 Å². The number of para-hydroxylation sites is 1. The quantitative estimate of drug-likeness (QED) is 0.221. The van der Waals surface area contributed by atoms with Crippen molar-refractivity contribution in [1.29, 1.82) is 0 Å². The predicted molar refractivity (Wildman–Crippen MR) is 125 cm³/mol. The molecule has 5 nitrogen and oxygen atoms in total. The van der Waals surface area contributed by atoms with Gasteiger partial charge < -0.3 is 9.84 Å². The first kappa shape index (κ1) is 25.2. The summed E-state index contributed by atoms with van der Waals surface area (Å²) in [4.78, 5) is -0.369. The maximum Gasteiger partial charge on any atom is 0.294 e. The summed E-state index contributed by atoms with van der Waals surface area (Å²) in [5, 5.41) is 10.1. The molecular formula is C25H36O5S. The van der Waals surface area contributed by atoms with Gasteiger partial charge in [0.15, 0.2) is 11.5 Å². The van der Waals surface area contributed by atoms with Crippen molar-refractivity contribution < 1.29 is 22.8 Å². The van der Waals surface area contributed by atoms with E-state index in [1.807, 2.05) is 24.3 Å². The lowest BCUT2D eigenvalue weighted by Gasteiger charge is -2.12. The Balaban J connectivity index is 1.76. The number of rotatable bonds is 15. The van der Waals surface area contributed by atoms with Crippen LogP contribution in [0.25, 0.3) is 0 Å². The largest absolute Gasteiger partial charge is 0.504 e. The fourth-order valence-electron chi connectivity index (χ4n) is 3.65. The first-order chi connectivity index (χ1) is 14.9. The Morgan fingerprint density at radius 1 is 0.774 bits per heavy atom. The average molecular weight is 449 g/mol. The van der Waals surface area contributed by atoms with E-state index in [0.717, 1.165) is 24.5 Å². The standard InChI is InChI=1S/C25H36O5S/c1-2-3-4-5-6-7-8-9-10-11-12-15-21-16-13-14-17-24(21)30-25-19-18-22(20-23(25)26)31(27,28)29/h13-14,16-20,26H,2-12,15H2,1H3,(H,27,28,29). The Labute approximate surface area is 187 Å². The van der Waals surface area contributed by atoms with Crippen LogP contribution in [0, 0.1) is 0 Å². The van der Waals surface area contributed by atoms with Crippen LogP contribution in [0.5, 0.6) is 17.2 Å². The molecule has 0 radical (unpaired) electrons. The van der Waals surface area contributed by atoms with Crippen molar-refractivity contribution in [3.8, 4) is 17.2 Å². The summed E-state index contributed by atoms with van der Waals surface area (Å²) >= 11 is 0. The van der Waals surface area contributed by atoms with Gasteiger partial charge in [-0.3, -0.25) is 4.55 Å². The first-order valence-electron chi connectivity index (χ1n) is 11.5. The van der Waals surface area contributed by atoms with Gasteiger partial charge in [-0.25, -0.2) is 0 Å². The van der Waals surface area contributed by atoms with Crippen LogP contribution >= 0.6 is 0 Å². The summed E-state index contributed by atoms with van der Waals surface area (Å²) < 4.78 is 37.3. The Morgan fingerprint density at radius 2 is 1.35 bits per heavy atom. The maximum absolute atomic E-state index is 11.2. The third-order valence-corrected chi connectivity index (χ3v) is 6.32. The molecule has 31 heavy (non-hydrogen) atoms. The lowest BCUT2D eigenvalue weighted by molar-refractivity contribution is 0.406. The molecule has 0 bridgehead atoms. The molecule has 0 heterocycles. The second-order valence-electron chi connectivity index (χ2n) is 8.10. The van der Waals surface area contributed by atoms with E-state index in [-0.39, 0.29) is 16.4 Å². The minimum atomic E-state index is -4.37. The Hall–Kier alpha value is -2.05. The third-order valence-electron chi connectivity index (χ3n) is 5.47. The molecule has 2 aromatic carbocycles. The molecule has 172 valence electrons. The van der Waals surface area contributed by atoms with E-state index in [0.29, 0.717) is 5.75 Å². The third kappa shape index (κ3) is 9.32. The van der Waals surface area contributed by atoms with E-state index >= 15 is 0 Å². The highest BCUT2D eigenvalue weighted by Gasteiger charge is 2.14. The van der Waals surface area contributed by atoms with Crippen molar-refractivity contribution in [3.05, 3.63) is 48.0 Å². The van der Waals surface area contributed by atoms with Crippen molar-refractivity contribution in [2.45, 2.75) is 88.9 Å². The molecule has 0 saturated carbocycles. The van der Waals surface area contributed by atoms with Gasteiger partial charge in [0, 0.05) is 6.07 Å². The number of phenolic OH excluding ortho intramolecular Hbond substituents is 1. The number of aryl methyl sites for hydroxylation is 1. The highest BCUT2D eigenvalue weighted by Crippen LogP contribution is 2.34. The van der Waals surface area contributed by atoms with Crippen LogP contribution in [0.4, 0.5) is 0 Å². The van der Waals surface area contributed by atoms with Crippen molar-refractivity contribution in [2.24, 2.45) is 0 Å². The maximum atomic E-state index is 11.2. The van der Waals surface area contributed by atoms with Gasteiger partial charge >= 0.3 is 0 Å². The average Bonchev–Trinajstić information content (AvgIpc) is 2.73. The van der Waals surface area contributed by atoms with Crippen LogP contribution in [-0.2, 0) is 16.5 Å². The van der Waals surface area contributed by atoms with Gasteiger partial charge in [-0.1, -0.05) is 89.3 Å². The van der Waals surface area contributed by atoms with Crippen molar-refractivity contribution in [3.63, 3.8) is 0 Å². The number of benzene rings is 2. The van der Waals surface area contributed by atoms with Gasteiger partial charge in [0.25, 0.3) is 10.1 Å². The minimum Gasteiger partial charge on any atom is -0.504 e. The number of unbranched alkanes of at least 4 members (excludes halogenated alkanes) is 10. The second-order valence-corrected chi connectivity index (χ2v) is 9.52. The highest BCUT2D eigenvalue weighted by atomic mass is 32.2. The molecule has 0 aromatic heterocycles. The summed E-state index contributed by atoms with van der Waals surface area (Å²) in [7, 11) is -4.37. The lowest BCUT2D eigenvalue weighted by Crippen LogP contribution is -1.98. The fraction of sp³-hybridized carbons (Fsp3) is 0.520. The Bertz CT molecular complexity index is 893. The molecule has 0 aliphatic carbocycles. The number of phenols is 1. The fourth-order valence-corrected chi connectivity index (χ4v) is 4.15. The minimum absolute atomic E-state index is 0.152. The molecule has 0 saturated heterocycles. The highest BCUT2D eigenvalue weighted by molar-refractivity contribution is 7.85. The van der Waals surface area contributed by atoms with Gasteiger partial charge in [-0.2, -0.15) is 8.42 Å². The summed E-state index contributed by atoms with van der Waals surface area (Å²) in [5.74, 6) is 0.461. The van der Waals surface area contributed by atoms with Gasteiger partial charge in [0.05, 0.1) is 4.90 Å². The molecule has 2 N–H and O–H groups in total. The molecular weight excluding hydrogens is 412 g/mol. The van der Waals surface area contributed by atoms with E-state index in [1.54, 1.807) is 0 Å². The van der Waals surface area contributed by atoms with Gasteiger partial charge in [0.2, 0.25) is 0 Å². The first-order valence-corrected chi connectivity index (χ1v) is 12.9.